The lowest BCUT2D eigenvalue weighted by Crippen LogP contribution is -2.12. The molecule has 0 atom stereocenters. The molecule has 0 aliphatic heterocycles. The van der Waals surface area contributed by atoms with Crippen molar-refractivity contribution in [2.24, 2.45) is 5.16 Å². The molecule has 0 fully saturated rings. The highest BCUT2D eigenvalue weighted by molar-refractivity contribution is 14.1. The van der Waals surface area contributed by atoms with Gasteiger partial charge in [-0.15, -0.1) is 0 Å². The summed E-state index contributed by atoms with van der Waals surface area (Å²) >= 11 is 1.26. The minimum absolute atomic E-state index is 0.379. The Morgan fingerprint density at radius 3 is 2.40 bits per heavy atom. The molecule has 15 heavy (non-hydrogen) atoms. The second-order valence-electron chi connectivity index (χ2n) is 2.57. The molecule has 0 heterocycles. The van der Waals surface area contributed by atoms with Crippen LogP contribution in [0.1, 0.15) is 11.1 Å². The third-order valence-electron chi connectivity index (χ3n) is 1.61. The van der Waals surface area contributed by atoms with Gasteiger partial charge in [-0.3, -0.25) is 0 Å². The van der Waals surface area contributed by atoms with E-state index in [1.807, 2.05) is 0 Å². The number of alkyl halides is 3. The molecular formula is C8H4F4INO. The zero-order valence-electron chi connectivity index (χ0n) is 7.02. The summed E-state index contributed by atoms with van der Waals surface area (Å²) in [4.78, 5) is 0. The Kier molecular flexibility index (Phi) is 3.53. The first-order valence-electron chi connectivity index (χ1n) is 3.60. The highest BCUT2D eigenvalue weighted by Gasteiger charge is 2.36. The van der Waals surface area contributed by atoms with Crippen LogP contribution in [0.5, 0.6) is 0 Å². The molecule has 0 aliphatic rings. The lowest BCUT2D eigenvalue weighted by atomic mass is 10.1. The van der Waals surface area contributed by atoms with Crippen LogP contribution in [0.15, 0.2) is 17.3 Å². The molecule has 0 saturated heterocycles. The summed E-state index contributed by atoms with van der Waals surface area (Å²) in [5.74, 6) is -0.960. The van der Waals surface area contributed by atoms with Crippen LogP contribution in [0.25, 0.3) is 0 Å². The first-order chi connectivity index (χ1) is 6.88. The SMILES string of the molecule is O/N=C\c1ccc(F)c(I)c1C(F)(F)F. The van der Waals surface area contributed by atoms with Crippen molar-refractivity contribution in [3.05, 3.63) is 32.6 Å². The number of benzene rings is 1. The fraction of sp³-hybridized carbons (Fsp3) is 0.125. The first kappa shape index (κ1) is 12.2. The van der Waals surface area contributed by atoms with Crippen molar-refractivity contribution in [3.8, 4) is 0 Å². The Hall–Kier alpha value is -0.860. The molecule has 0 aliphatic carbocycles. The third-order valence-corrected chi connectivity index (χ3v) is 2.66. The molecular weight excluding hydrogens is 329 g/mol. The fourth-order valence-electron chi connectivity index (χ4n) is 1.02. The van der Waals surface area contributed by atoms with E-state index in [1.165, 1.54) is 22.6 Å². The zero-order valence-corrected chi connectivity index (χ0v) is 9.17. The van der Waals surface area contributed by atoms with Crippen LogP contribution in [0.3, 0.4) is 0 Å². The molecule has 2 nitrogen and oxygen atoms in total. The number of rotatable bonds is 1. The van der Waals surface area contributed by atoms with Crippen molar-refractivity contribution in [3.63, 3.8) is 0 Å². The molecule has 1 aromatic carbocycles. The predicted molar refractivity (Wildman–Crippen MR) is 53.5 cm³/mol. The molecule has 82 valence electrons. The average molecular weight is 333 g/mol. The van der Waals surface area contributed by atoms with Crippen molar-refractivity contribution < 1.29 is 22.8 Å². The van der Waals surface area contributed by atoms with E-state index in [4.69, 9.17) is 5.21 Å². The van der Waals surface area contributed by atoms with Crippen LogP contribution in [-0.4, -0.2) is 11.4 Å². The maximum absolute atomic E-state index is 12.9. The molecule has 1 N–H and O–H groups in total. The van der Waals surface area contributed by atoms with Gasteiger partial charge in [-0.25, -0.2) is 4.39 Å². The van der Waals surface area contributed by atoms with Crippen molar-refractivity contribution in [2.75, 3.05) is 0 Å². The van der Waals surface area contributed by atoms with Crippen molar-refractivity contribution in [1.29, 1.82) is 0 Å². The van der Waals surface area contributed by atoms with Gasteiger partial charge in [-0.1, -0.05) is 5.16 Å². The van der Waals surface area contributed by atoms with E-state index < -0.39 is 21.1 Å². The lowest BCUT2D eigenvalue weighted by molar-refractivity contribution is -0.138. The Balaban J connectivity index is 3.49. The molecule has 1 aromatic rings. The Morgan fingerprint density at radius 1 is 1.33 bits per heavy atom. The van der Waals surface area contributed by atoms with E-state index in [-0.39, 0.29) is 5.56 Å². The van der Waals surface area contributed by atoms with Crippen LogP contribution in [0.2, 0.25) is 0 Å². The number of hydrogen-bond donors (Lipinski definition) is 1. The molecule has 1 rings (SSSR count). The van der Waals surface area contributed by atoms with Crippen LogP contribution >= 0.6 is 22.6 Å². The largest absolute Gasteiger partial charge is 0.418 e. The molecule has 0 unspecified atom stereocenters. The van der Waals surface area contributed by atoms with Gasteiger partial charge in [0.05, 0.1) is 15.3 Å². The first-order valence-corrected chi connectivity index (χ1v) is 4.68. The number of oxime groups is 1. The van der Waals surface area contributed by atoms with Crippen molar-refractivity contribution in [2.45, 2.75) is 6.18 Å². The number of nitrogens with zero attached hydrogens (tertiary/aromatic N) is 1. The number of hydrogen-bond acceptors (Lipinski definition) is 2. The van der Waals surface area contributed by atoms with Gasteiger partial charge in [0, 0.05) is 5.56 Å². The van der Waals surface area contributed by atoms with Gasteiger partial charge in [-0.05, 0) is 34.7 Å². The van der Waals surface area contributed by atoms with E-state index >= 15 is 0 Å². The third kappa shape index (κ3) is 2.58. The quantitative estimate of drug-likeness (QED) is 0.276. The van der Waals surface area contributed by atoms with Crippen LogP contribution in [0, 0.1) is 9.39 Å². The summed E-state index contributed by atoms with van der Waals surface area (Å²) in [7, 11) is 0. The highest BCUT2D eigenvalue weighted by Crippen LogP contribution is 2.35. The average Bonchev–Trinajstić information content (AvgIpc) is 2.10. The Bertz CT molecular complexity index is 402. The van der Waals surface area contributed by atoms with Gasteiger partial charge in [-0.2, -0.15) is 13.2 Å². The summed E-state index contributed by atoms with van der Waals surface area (Å²) in [6.45, 7) is 0. The van der Waals surface area contributed by atoms with Gasteiger partial charge in [0.15, 0.2) is 0 Å². The summed E-state index contributed by atoms with van der Waals surface area (Å²) in [6.07, 6.45) is -4.07. The molecule has 0 bridgehead atoms. The molecule has 0 saturated carbocycles. The lowest BCUT2D eigenvalue weighted by Gasteiger charge is -2.12. The number of halogens is 5. The standard InChI is InChI=1S/C8H4F4INO/c9-5-2-1-4(3-14-15)6(7(5)13)8(10,11)12/h1-3,15H/b14-3-. The topological polar surface area (TPSA) is 32.6 Å². The van der Waals surface area contributed by atoms with E-state index in [0.717, 1.165) is 12.1 Å². The summed E-state index contributed by atoms with van der Waals surface area (Å²) in [5, 5.41) is 10.7. The molecule has 0 aromatic heterocycles. The zero-order chi connectivity index (χ0) is 11.6. The van der Waals surface area contributed by atoms with Gasteiger partial charge in [0.1, 0.15) is 5.82 Å². The smallest absolute Gasteiger partial charge is 0.411 e. The summed E-state index contributed by atoms with van der Waals surface area (Å²) in [5.41, 5.74) is -1.52. The van der Waals surface area contributed by atoms with E-state index in [0.29, 0.717) is 6.21 Å². The van der Waals surface area contributed by atoms with Crippen molar-refractivity contribution in [1.82, 2.24) is 0 Å². The second-order valence-corrected chi connectivity index (χ2v) is 3.65. The molecule has 7 heteroatoms. The minimum Gasteiger partial charge on any atom is -0.411 e. The normalized spacial score (nSPS) is 12.3. The van der Waals surface area contributed by atoms with Gasteiger partial charge in [0.25, 0.3) is 0 Å². The van der Waals surface area contributed by atoms with Crippen LogP contribution in [0.4, 0.5) is 17.6 Å². The van der Waals surface area contributed by atoms with Crippen LogP contribution < -0.4 is 0 Å². The minimum atomic E-state index is -4.69. The fourth-order valence-corrected chi connectivity index (χ4v) is 1.82. The Labute approximate surface area is 95.7 Å². The molecule has 0 spiro atoms. The van der Waals surface area contributed by atoms with E-state index in [1.54, 1.807) is 0 Å². The maximum atomic E-state index is 12.9. The van der Waals surface area contributed by atoms with Gasteiger partial charge in [0.2, 0.25) is 0 Å². The summed E-state index contributed by atoms with van der Waals surface area (Å²) < 4.78 is 49.9. The second kappa shape index (κ2) is 4.33. The van der Waals surface area contributed by atoms with Crippen LogP contribution in [-0.2, 0) is 6.18 Å². The Morgan fingerprint density at radius 2 is 1.93 bits per heavy atom. The predicted octanol–water partition coefficient (Wildman–Crippen LogP) is 3.26. The monoisotopic (exact) mass is 333 g/mol. The molecule has 0 radical (unpaired) electrons. The van der Waals surface area contributed by atoms with Gasteiger partial charge >= 0.3 is 6.18 Å². The van der Waals surface area contributed by atoms with E-state index in [9.17, 15) is 17.6 Å². The van der Waals surface area contributed by atoms with Gasteiger partial charge < -0.3 is 5.21 Å². The molecule has 0 amide bonds. The summed E-state index contributed by atoms with van der Waals surface area (Å²) in [6, 6.07) is 1.79. The van der Waals surface area contributed by atoms with E-state index in [2.05, 4.69) is 5.16 Å². The maximum Gasteiger partial charge on any atom is 0.418 e. The van der Waals surface area contributed by atoms with Crippen molar-refractivity contribution >= 4 is 28.8 Å². The highest BCUT2D eigenvalue weighted by atomic mass is 127.